The van der Waals surface area contributed by atoms with E-state index >= 15 is 0 Å². The Kier molecular flexibility index (Phi) is 6.96. The lowest BCUT2D eigenvalue weighted by atomic mass is 9.90. The summed E-state index contributed by atoms with van der Waals surface area (Å²) < 4.78 is 11.2. The SMILES string of the molecule is COc1ccc2oc(-c3ccc(C)c(NC(=S)NC(=O)C(c4ccccc4)c4ccccc4)c3)nc2c1. The fourth-order valence-electron chi connectivity index (χ4n) is 4.17. The van der Waals surface area contributed by atoms with Crippen LogP contribution in [0.1, 0.15) is 22.6 Å². The molecular weight excluding hydrogens is 482 g/mol. The molecule has 6 nitrogen and oxygen atoms in total. The van der Waals surface area contributed by atoms with Gasteiger partial charge in [-0.1, -0.05) is 66.7 Å². The molecule has 0 saturated carbocycles. The van der Waals surface area contributed by atoms with Gasteiger partial charge in [-0.15, -0.1) is 0 Å². The van der Waals surface area contributed by atoms with Gasteiger partial charge in [0.2, 0.25) is 11.8 Å². The second-order valence-electron chi connectivity index (χ2n) is 8.58. The number of aromatic nitrogens is 1. The van der Waals surface area contributed by atoms with E-state index in [0.29, 0.717) is 22.7 Å². The number of hydrogen-bond acceptors (Lipinski definition) is 5. The first-order valence-corrected chi connectivity index (χ1v) is 12.2. The van der Waals surface area contributed by atoms with Gasteiger partial charge in [0.1, 0.15) is 11.3 Å². The van der Waals surface area contributed by atoms with Crippen LogP contribution in [0.15, 0.2) is 101 Å². The number of aryl methyl sites for hydroxylation is 1. The average Bonchev–Trinajstić information content (AvgIpc) is 3.34. The summed E-state index contributed by atoms with van der Waals surface area (Å²) >= 11 is 5.54. The first-order chi connectivity index (χ1) is 18.0. The van der Waals surface area contributed by atoms with Gasteiger partial charge in [0.25, 0.3) is 0 Å². The fourth-order valence-corrected chi connectivity index (χ4v) is 4.38. The number of methoxy groups -OCH3 is 1. The summed E-state index contributed by atoms with van der Waals surface area (Å²) in [5, 5.41) is 6.26. The first-order valence-electron chi connectivity index (χ1n) is 11.8. The summed E-state index contributed by atoms with van der Waals surface area (Å²) in [5.74, 6) is 0.487. The van der Waals surface area contributed by atoms with Crippen LogP contribution in [-0.2, 0) is 4.79 Å². The lowest BCUT2D eigenvalue weighted by Crippen LogP contribution is -2.38. The minimum atomic E-state index is -0.494. The molecule has 184 valence electrons. The number of oxazole rings is 1. The van der Waals surface area contributed by atoms with E-state index in [1.165, 1.54) is 0 Å². The van der Waals surface area contributed by atoms with Crippen LogP contribution in [0.2, 0.25) is 0 Å². The first kappa shape index (κ1) is 24.2. The van der Waals surface area contributed by atoms with Crippen LogP contribution in [0.3, 0.4) is 0 Å². The Labute approximate surface area is 220 Å². The zero-order valence-corrected chi connectivity index (χ0v) is 21.2. The molecule has 1 heterocycles. The van der Waals surface area contributed by atoms with Gasteiger partial charge in [0.15, 0.2) is 10.7 Å². The Morgan fingerprint density at radius 3 is 2.24 bits per heavy atom. The van der Waals surface area contributed by atoms with Gasteiger partial charge in [-0.05, 0) is 60.1 Å². The smallest absolute Gasteiger partial charge is 0.238 e. The van der Waals surface area contributed by atoms with E-state index < -0.39 is 5.92 Å². The van der Waals surface area contributed by atoms with E-state index in [1.54, 1.807) is 7.11 Å². The molecular formula is C30H25N3O3S. The Bertz CT molecular complexity index is 1530. The highest BCUT2D eigenvalue weighted by molar-refractivity contribution is 7.80. The molecule has 0 fully saturated rings. The van der Waals surface area contributed by atoms with E-state index in [2.05, 4.69) is 15.6 Å². The number of hydrogen-bond donors (Lipinski definition) is 2. The molecule has 5 aromatic rings. The minimum absolute atomic E-state index is 0.211. The zero-order valence-electron chi connectivity index (χ0n) is 20.4. The molecule has 0 saturated heterocycles. The molecule has 0 aliphatic carbocycles. The average molecular weight is 508 g/mol. The van der Waals surface area contributed by atoms with Crippen molar-refractivity contribution >= 4 is 40.0 Å². The number of benzene rings is 4. The lowest BCUT2D eigenvalue weighted by Gasteiger charge is -2.19. The molecule has 0 unspecified atom stereocenters. The second-order valence-corrected chi connectivity index (χ2v) is 8.99. The maximum Gasteiger partial charge on any atom is 0.238 e. The lowest BCUT2D eigenvalue weighted by molar-refractivity contribution is -0.120. The maximum absolute atomic E-state index is 13.4. The van der Waals surface area contributed by atoms with Gasteiger partial charge in [-0.2, -0.15) is 0 Å². The van der Waals surface area contributed by atoms with Gasteiger partial charge >= 0.3 is 0 Å². The van der Waals surface area contributed by atoms with Crippen LogP contribution in [0.4, 0.5) is 5.69 Å². The molecule has 0 bridgehead atoms. The van der Waals surface area contributed by atoms with Crippen LogP contribution in [0, 0.1) is 6.92 Å². The molecule has 0 aliphatic heterocycles. The Morgan fingerprint density at radius 2 is 1.59 bits per heavy atom. The third kappa shape index (κ3) is 5.37. The number of fused-ring (bicyclic) bond motifs is 1. The molecule has 7 heteroatoms. The predicted molar refractivity (Wildman–Crippen MR) is 150 cm³/mol. The number of ether oxygens (including phenoxy) is 1. The van der Waals surface area contributed by atoms with Gasteiger partial charge < -0.3 is 19.8 Å². The highest BCUT2D eigenvalue weighted by atomic mass is 32.1. The van der Waals surface area contributed by atoms with Crippen molar-refractivity contribution in [3.63, 3.8) is 0 Å². The molecule has 5 rings (SSSR count). The summed E-state index contributed by atoms with van der Waals surface area (Å²) in [6.45, 7) is 1.96. The summed E-state index contributed by atoms with van der Waals surface area (Å²) in [7, 11) is 1.61. The summed E-state index contributed by atoms with van der Waals surface area (Å²) in [6, 6.07) is 30.6. The molecule has 2 N–H and O–H groups in total. The van der Waals surface area contributed by atoms with Crippen molar-refractivity contribution in [3.8, 4) is 17.2 Å². The monoisotopic (exact) mass is 507 g/mol. The van der Waals surface area contributed by atoms with Crippen molar-refractivity contribution in [2.75, 3.05) is 12.4 Å². The number of thiocarbonyl (C=S) groups is 1. The van der Waals surface area contributed by atoms with Gasteiger partial charge in [-0.25, -0.2) is 4.98 Å². The quantitative estimate of drug-likeness (QED) is 0.257. The van der Waals surface area contributed by atoms with Crippen molar-refractivity contribution in [2.45, 2.75) is 12.8 Å². The summed E-state index contributed by atoms with van der Waals surface area (Å²) in [6.07, 6.45) is 0. The van der Waals surface area contributed by atoms with Crippen LogP contribution in [0.5, 0.6) is 5.75 Å². The Hall–Kier alpha value is -4.49. The van der Waals surface area contributed by atoms with E-state index in [-0.39, 0.29) is 11.0 Å². The minimum Gasteiger partial charge on any atom is -0.497 e. The van der Waals surface area contributed by atoms with Crippen molar-refractivity contribution in [3.05, 3.63) is 114 Å². The highest BCUT2D eigenvalue weighted by Crippen LogP contribution is 2.30. The zero-order chi connectivity index (χ0) is 25.8. The largest absolute Gasteiger partial charge is 0.497 e. The molecule has 4 aromatic carbocycles. The van der Waals surface area contributed by atoms with E-state index in [4.69, 9.17) is 21.4 Å². The number of carbonyl (C=O) groups is 1. The van der Waals surface area contributed by atoms with Crippen LogP contribution in [-0.4, -0.2) is 23.1 Å². The Morgan fingerprint density at radius 1 is 0.919 bits per heavy atom. The van der Waals surface area contributed by atoms with E-state index in [0.717, 1.165) is 27.9 Å². The number of nitrogens with one attached hydrogen (secondary N) is 2. The highest BCUT2D eigenvalue weighted by Gasteiger charge is 2.23. The number of nitrogens with zero attached hydrogens (tertiary/aromatic N) is 1. The van der Waals surface area contributed by atoms with Crippen molar-refractivity contribution in [2.24, 2.45) is 0 Å². The van der Waals surface area contributed by atoms with Crippen LogP contribution in [0.25, 0.3) is 22.6 Å². The molecule has 37 heavy (non-hydrogen) atoms. The number of rotatable bonds is 6. The van der Waals surface area contributed by atoms with Crippen LogP contribution >= 0.6 is 12.2 Å². The normalized spacial score (nSPS) is 10.9. The number of anilines is 1. The molecule has 1 amide bonds. The number of amides is 1. The molecule has 0 radical (unpaired) electrons. The van der Waals surface area contributed by atoms with E-state index in [9.17, 15) is 4.79 Å². The summed E-state index contributed by atoms with van der Waals surface area (Å²) in [5.41, 5.74) is 5.64. The summed E-state index contributed by atoms with van der Waals surface area (Å²) in [4.78, 5) is 18.0. The topological polar surface area (TPSA) is 76.4 Å². The van der Waals surface area contributed by atoms with Crippen LogP contribution < -0.4 is 15.4 Å². The predicted octanol–water partition coefficient (Wildman–Crippen LogP) is 6.46. The third-order valence-electron chi connectivity index (χ3n) is 6.09. The second kappa shape index (κ2) is 10.6. The third-order valence-corrected chi connectivity index (χ3v) is 6.30. The molecule has 0 spiro atoms. The molecule has 1 aromatic heterocycles. The van der Waals surface area contributed by atoms with Gasteiger partial charge in [-0.3, -0.25) is 4.79 Å². The van der Waals surface area contributed by atoms with Gasteiger partial charge in [0, 0.05) is 17.3 Å². The van der Waals surface area contributed by atoms with Crippen molar-refractivity contribution in [1.82, 2.24) is 10.3 Å². The Balaban J connectivity index is 1.36. The van der Waals surface area contributed by atoms with Crippen molar-refractivity contribution < 1.29 is 13.9 Å². The van der Waals surface area contributed by atoms with Crippen molar-refractivity contribution in [1.29, 1.82) is 0 Å². The van der Waals surface area contributed by atoms with E-state index in [1.807, 2.05) is 104 Å². The maximum atomic E-state index is 13.4. The fraction of sp³-hybridized carbons (Fsp3) is 0.100. The number of carbonyl (C=O) groups excluding carboxylic acids is 1. The van der Waals surface area contributed by atoms with Gasteiger partial charge in [0.05, 0.1) is 13.0 Å². The standard InChI is InChI=1S/C30H25N3O3S/c1-19-13-14-22(29-31-25-18-23(35-2)15-16-26(25)36-29)17-24(19)32-30(37)33-28(34)27(20-9-5-3-6-10-20)21-11-7-4-8-12-21/h3-18,27H,1-2H3,(H2,32,33,34,37). The molecule has 0 atom stereocenters. The molecule has 0 aliphatic rings.